The normalized spacial score (nSPS) is 22.5. The minimum absolute atomic E-state index is 0.0735. The Morgan fingerprint density at radius 2 is 2.00 bits per heavy atom. The van der Waals surface area contributed by atoms with Crippen LogP contribution >= 0.6 is 0 Å². The molecule has 2 aliphatic rings. The van der Waals surface area contributed by atoms with Crippen LogP contribution in [0.3, 0.4) is 0 Å². The highest BCUT2D eigenvalue weighted by Gasteiger charge is 2.39. The molecular weight excluding hydrogens is 344 g/mol. The van der Waals surface area contributed by atoms with Gasteiger partial charge in [0, 0.05) is 23.7 Å². The highest BCUT2D eigenvalue weighted by atomic mass is 16.6. The maximum absolute atomic E-state index is 11.7. The number of ether oxygens (including phenoxy) is 1. The summed E-state index contributed by atoms with van der Waals surface area (Å²) in [7, 11) is 1.37. The zero-order valence-corrected chi connectivity index (χ0v) is 15.1. The molecule has 1 aliphatic heterocycles. The lowest BCUT2D eigenvalue weighted by atomic mass is 9.76. The maximum atomic E-state index is 11.7. The van der Waals surface area contributed by atoms with Gasteiger partial charge in [-0.2, -0.15) is 0 Å². The Kier molecular flexibility index (Phi) is 4.18. The van der Waals surface area contributed by atoms with Gasteiger partial charge < -0.3 is 10.1 Å². The third-order valence-electron chi connectivity index (χ3n) is 5.55. The van der Waals surface area contributed by atoms with Crippen molar-refractivity contribution in [2.45, 2.75) is 25.3 Å². The summed E-state index contributed by atoms with van der Waals surface area (Å²) in [5, 5.41) is 14.9. The Morgan fingerprint density at radius 1 is 1.26 bits per heavy atom. The molecule has 27 heavy (non-hydrogen) atoms. The highest BCUT2D eigenvalue weighted by Crippen LogP contribution is 2.51. The summed E-state index contributed by atoms with van der Waals surface area (Å²) in [6.07, 6.45) is 5.21. The van der Waals surface area contributed by atoms with E-state index in [9.17, 15) is 14.9 Å². The van der Waals surface area contributed by atoms with E-state index in [-0.39, 0.29) is 34.5 Å². The molecule has 0 spiro atoms. The van der Waals surface area contributed by atoms with Crippen molar-refractivity contribution < 1.29 is 14.5 Å². The monoisotopic (exact) mass is 364 g/mol. The number of esters is 1. The molecule has 138 valence electrons. The Morgan fingerprint density at radius 3 is 2.67 bits per heavy atom. The van der Waals surface area contributed by atoms with Crippen molar-refractivity contribution in [3.63, 3.8) is 0 Å². The molecule has 2 aromatic rings. The third kappa shape index (κ3) is 2.87. The second-order valence-corrected chi connectivity index (χ2v) is 7.07. The number of carbonyl (C=O) groups excluding carboxylic acids is 1. The Labute approximate surface area is 157 Å². The van der Waals surface area contributed by atoms with Crippen LogP contribution in [0.15, 0.2) is 48.6 Å². The molecule has 6 nitrogen and oxygen atoms in total. The summed E-state index contributed by atoms with van der Waals surface area (Å²) in [5.74, 6) is 0.0695. The number of rotatable bonds is 3. The number of benzene rings is 2. The SMILES string of the molecule is COC(=O)c1ccc([C@@H]2Nc3c(C)cc([N+](=O)[O-])cc3[C@@H]3C=CC[C@H]32)cc1. The fourth-order valence-electron chi connectivity index (χ4n) is 4.25. The molecule has 0 unspecified atom stereocenters. The van der Waals surface area contributed by atoms with Crippen LogP contribution in [0.4, 0.5) is 11.4 Å². The predicted molar refractivity (Wildman–Crippen MR) is 102 cm³/mol. The largest absolute Gasteiger partial charge is 0.465 e. The van der Waals surface area contributed by atoms with Crippen molar-refractivity contribution in [1.82, 2.24) is 0 Å². The number of nitro groups is 1. The lowest BCUT2D eigenvalue weighted by Crippen LogP contribution is -2.29. The van der Waals surface area contributed by atoms with E-state index >= 15 is 0 Å². The second kappa shape index (κ2) is 6.54. The van der Waals surface area contributed by atoms with Crippen molar-refractivity contribution in [2.75, 3.05) is 12.4 Å². The molecule has 0 amide bonds. The average molecular weight is 364 g/mol. The Balaban J connectivity index is 1.74. The van der Waals surface area contributed by atoms with Crippen molar-refractivity contribution in [1.29, 1.82) is 0 Å². The van der Waals surface area contributed by atoms with Crippen LogP contribution < -0.4 is 5.32 Å². The number of nitro benzene ring substituents is 1. The Hall–Kier alpha value is -3.15. The molecule has 3 atom stereocenters. The van der Waals surface area contributed by atoms with E-state index in [0.29, 0.717) is 5.56 Å². The van der Waals surface area contributed by atoms with Crippen molar-refractivity contribution >= 4 is 17.3 Å². The fourth-order valence-corrected chi connectivity index (χ4v) is 4.25. The van der Waals surface area contributed by atoms with E-state index in [1.165, 1.54) is 7.11 Å². The van der Waals surface area contributed by atoms with Gasteiger partial charge in [-0.1, -0.05) is 24.3 Å². The standard InChI is InChI=1S/C21H20N2O4/c1-12-10-15(23(25)26)11-18-16-4-3-5-17(16)20(22-19(12)18)13-6-8-14(9-7-13)21(24)27-2/h3-4,6-11,16-17,20,22H,5H2,1-2H3/t16-,17-,20+/m1/s1. The zero-order valence-electron chi connectivity index (χ0n) is 15.1. The molecular formula is C21H20N2O4. The summed E-state index contributed by atoms with van der Waals surface area (Å²) < 4.78 is 4.76. The van der Waals surface area contributed by atoms with E-state index in [4.69, 9.17) is 4.74 Å². The van der Waals surface area contributed by atoms with Gasteiger partial charge >= 0.3 is 5.97 Å². The quantitative estimate of drug-likeness (QED) is 0.375. The first kappa shape index (κ1) is 17.3. The molecule has 0 fully saturated rings. The number of aryl methyl sites for hydroxylation is 1. The van der Waals surface area contributed by atoms with Gasteiger partial charge in [0.15, 0.2) is 0 Å². The number of hydrogen-bond donors (Lipinski definition) is 1. The van der Waals surface area contributed by atoms with Gasteiger partial charge in [-0.15, -0.1) is 0 Å². The van der Waals surface area contributed by atoms with E-state index in [1.807, 2.05) is 19.1 Å². The molecule has 2 aromatic carbocycles. The number of nitrogens with zero attached hydrogens (tertiary/aromatic N) is 1. The first-order valence-electron chi connectivity index (χ1n) is 8.90. The first-order chi connectivity index (χ1) is 13.0. The lowest BCUT2D eigenvalue weighted by molar-refractivity contribution is -0.385. The van der Waals surface area contributed by atoms with Crippen LogP contribution in [0.2, 0.25) is 0 Å². The van der Waals surface area contributed by atoms with E-state index < -0.39 is 0 Å². The molecule has 0 radical (unpaired) electrons. The molecule has 1 aliphatic carbocycles. The number of non-ortho nitro benzene ring substituents is 1. The van der Waals surface area contributed by atoms with Crippen LogP contribution in [0.1, 0.15) is 45.4 Å². The highest BCUT2D eigenvalue weighted by molar-refractivity contribution is 5.89. The summed E-state index contributed by atoms with van der Waals surface area (Å²) in [6, 6.07) is 10.8. The van der Waals surface area contributed by atoms with Gasteiger partial charge in [-0.05, 0) is 48.1 Å². The van der Waals surface area contributed by atoms with Crippen molar-refractivity contribution in [2.24, 2.45) is 5.92 Å². The zero-order chi connectivity index (χ0) is 19.1. The first-order valence-corrected chi connectivity index (χ1v) is 8.90. The number of hydrogen-bond acceptors (Lipinski definition) is 5. The molecule has 6 heteroatoms. The number of anilines is 1. The summed E-state index contributed by atoms with van der Waals surface area (Å²) in [4.78, 5) is 22.6. The van der Waals surface area contributed by atoms with Crippen molar-refractivity contribution in [3.05, 3.63) is 80.9 Å². The molecule has 0 bridgehead atoms. The van der Waals surface area contributed by atoms with Gasteiger partial charge in [0.25, 0.3) is 5.69 Å². The number of allylic oxidation sites excluding steroid dienone is 2. The predicted octanol–water partition coefficient (Wildman–Crippen LogP) is 4.52. The second-order valence-electron chi connectivity index (χ2n) is 7.07. The van der Waals surface area contributed by atoms with Gasteiger partial charge in [-0.3, -0.25) is 10.1 Å². The van der Waals surface area contributed by atoms with Crippen molar-refractivity contribution in [3.8, 4) is 0 Å². The summed E-state index contributed by atoms with van der Waals surface area (Å²) in [6.45, 7) is 1.90. The molecule has 0 aromatic heterocycles. The molecule has 1 heterocycles. The van der Waals surface area contributed by atoms with Crippen LogP contribution in [-0.2, 0) is 4.74 Å². The Bertz CT molecular complexity index is 949. The van der Waals surface area contributed by atoms with E-state index in [0.717, 1.165) is 28.8 Å². The van der Waals surface area contributed by atoms with Crippen LogP contribution in [-0.4, -0.2) is 18.0 Å². The van der Waals surface area contributed by atoms with E-state index in [2.05, 4.69) is 17.5 Å². The molecule has 0 saturated heterocycles. The lowest BCUT2D eigenvalue weighted by Gasteiger charge is -2.38. The summed E-state index contributed by atoms with van der Waals surface area (Å²) >= 11 is 0. The van der Waals surface area contributed by atoms with Crippen LogP contribution in [0.5, 0.6) is 0 Å². The van der Waals surface area contributed by atoms with Crippen LogP contribution in [0.25, 0.3) is 0 Å². The molecule has 4 rings (SSSR count). The van der Waals surface area contributed by atoms with Gasteiger partial charge in [0.05, 0.1) is 23.6 Å². The number of methoxy groups -OCH3 is 1. The van der Waals surface area contributed by atoms with Gasteiger partial charge in [0.1, 0.15) is 0 Å². The van der Waals surface area contributed by atoms with Crippen LogP contribution in [0, 0.1) is 23.0 Å². The maximum Gasteiger partial charge on any atom is 0.337 e. The third-order valence-corrected chi connectivity index (χ3v) is 5.55. The fraction of sp³-hybridized carbons (Fsp3) is 0.286. The number of nitrogens with one attached hydrogen (secondary N) is 1. The minimum Gasteiger partial charge on any atom is -0.465 e. The number of fused-ring (bicyclic) bond motifs is 3. The van der Waals surface area contributed by atoms with Gasteiger partial charge in [0.2, 0.25) is 0 Å². The average Bonchev–Trinajstić information content (AvgIpc) is 3.17. The van der Waals surface area contributed by atoms with E-state index in [1.54, 1.807) is 24.3 Å². The minimum atomic E-state index is -0.355. The smallest absolute Gasteiger partial charge is 0.337 e. The molecule has 0 saturated carbocycles. The number of carbonyl (C=O) groups is 1. The summed E-state index contributed by atoms with van der Waals surface area (Å²) in [5.41, 5.74) is 4.57. The topological polar surface area (TPSA) is 81.5 Å². The molecule has 1 N–H and O–H groups in total. The van der Waals surface area contributed by atoms with Gasteiger partial charge in [-0.25, -0.2) is 4.79 Å².